The molecule has 3 heterocycles. The Morgan fingerprint density at radius 3 is 2.54 bits per heavy atom. The molecule has 1 N–H and O–H groups in total. The Bertz CT molecular complexity index is 908. The summed E-state index contributed by atoms with van der Waals surface area (Å²) in [5.74, 6) is 0.987. The fraction of sp³-hybridized carbons (Fsp3) is 0.455. The molecule has 0 atom stereocenters. The van der Waals surface area contributed by atoms with Crippen molar-refractivity contribution in [2.24, 2.45) is 0 Å². The van der Waals surface area contributed by atoms with Gasteiger partial charge in [-0.3, -0.25) is 4.90 Å². The van der Waals surface area contributed by atoms with E-state index in [1.54, 1.807) is 6.33 Å². The number of H-pyrrole nitrogens is 1. The molecule has 0 spiro atoms. The zero-order chi connectivity index (χ0) is 19.5. The molecule has 0 unspecified atom stereocenters. The smallest absolute Gasteiger partial charge is 0.143 e. The van der Waals surface area contributed by atoms with Gasteiger partial charge in [-0.15, -0.1) is 0 Å². The van der Waals surface area contributed by atoms with E-state index in [-0.39, 0.29) is 0 Å². The first kappa shape index (κ1) is 18.9. The van der Waals surface area contributed by atoms with Crippen LogP contribution in [0.5, 0.6) is 0 Å². The first-order valence-electron chi connectivity index (χ1n) is 10.2. The molecule has 148 valence electrons. The second-order valence-corrected chi connectivity index (χ2v) is 7.84. The maximum atomic E-state index is 4.50. The lowest BCUT2D eigenvalue weighted by atomic mass is 10.1. The number of benzene rings is 1. The summed E-state index contributed by atoms with van der Waals surface area (Å²) in [6, 6.07) is 11.1. The average molecular weight is 379 g/mol. The summed E-state index contributed by atoms with van der Waals surface area (Å²) in [4.78, 5) is 19.5. The van der Waals surface area contributed by atoms with E-state index in [0.29, 0.717) is 0 Å². The van der Waals surface area contributed by atoms with Gasteiger partial charge in [0, 0.05) is 52.0 Å². The maximum Gasteiger partial charge on any atom is 0.143 e. The molecular formula is C22H30N6. The zero-order valence-electron chi connectivity index (χ0n) is 17.1. The lowest BCUT2D eigenvalue weighted by molar-refractivity contribution is 0.148. The van der Waals surface area contributed by atoms with Crippen LogP contribution >= 0.6 is 0 Å². The van der Waals surface area contributed by atoms with E-state index < -0.39 is 0 Å². The molecule has 1 saturated heterocycles. The number of aromatic amines is 1. The van der Waals surface area contributed by atoms with E-state index >= 15 is 0 Å². The second kappa shape index (κ2) is 8.29. The average Bonchev–Trinajstić information content (AvgIpc) is 3.15. The number of rotatable bonds is 6. The third-order valence-corrected chi connectivity index (χ3v) is 5.59. The lowest BCUT2D eigenvalue weighted by Gasteiger charge is -2.32. The van der Waals surface area contributed by atoms with E-state index in [1.807, 2.05) is 0 Å². The van der Waals surface area contributed by atoms with Crippen LogP contribution in [-0.2, 0) is 6.54 Å². The van der Waals surface area contributed by atoms with Gasteiger partial charge in [0.15, 0.2) is 0 Å². The first-order chi connectivity index (χ1) is 13.6. The van der Waals surface area contributed by atoms with Gasteiger partial charge in [-0.25, -0.2) is 9.97 Å². The topological polar surface area (TPSA) is 51.3 Å². The molecular weight excluding hydrogens is 348 g/mol. The van der Waals surface area contributed by atoms with Crippen LogP contribution in [0.3, 0.4) is 0 Å². The van der Waals surface area contributed by atoms with Gasteiger partial charge in [0.05, 0.1) is 5.39 Å². The van der Waals surface area contributed by atoms with Gasteiger partial charge in [-0.2, -0.15) is 0 Å². The van der Waals surface area contributed by atoms with Crippen LogP contribution in [0.1, 0.15) is 18.9 Å². The number of hydrogen-bond acceptors (Lipinski definition) is 5. The Morgan fingerprint density at radius 1 is 1.07 bits per heavy atom. The van der Waals surface area contributed by atoms with Gasteiger partial charge < -0.3 is 14.8 Å². The van der Waals surface area contributed by atoms with Gasteiger partial charge in [0.2, 0.25) is 0 Å². The van der Waals surface area contributed by atoms with Crippen molar-refractivity contribution in [3.63, 3.8) is 0 Å². The highest BCUT2D eigenvalue weighted by atomic mass is 15.2. The molecule has 1 fully saturated rings. The van der Waals surface area contributed by atoms with E-state index in [9.17, 15) is 0 Å². The molecule has 0 saturated carbocycles. The van der Waals surface area contributed by atoms with Crippen LogP contribution in [-0.4, -0.2) is 71.6 Å². The molecule has 3 aromatic rings. The monoisotopic (exact) mass is 378 g/mol. The largest absolute Gasteiger partial charge is 0.359 e. The van der Waals surface area contributed by atoms with Gasteiger partial charge >= 0.3 is 0 Å². The molecule has 1 aliphatic rings. The molecule has 0 bridgehead atoms. The van der Waals surface area contributed by atoms with Gasteiger partial charge in [0.1, 0.15) is 17.8 Å². The van der Waals surface area contributed by atoms with Gasteiger partial charge in [-0.1, -0.05) is 31.2 Å². The number of nitrogens with one attached hydrogen (secondary N) is 1. The maximum absolute atomic E-state index is 4.50. The number of piperazine rings is 1. The van der Waals surface area contributed by atoms with E-state index in [1.165, 1.54) is 11.1 Å². The quantitative estimate of drug-likeness (QED) is 0.714. The second-order valence-electron chi connectivity index (χ2n) is 7.84. The minimum Gasteiger partial charge on any atom is -0.359 e. The molecule has 0 radical (unpaired) electrons. The SMILES string of the molecule is CCCN(C)c1ncnc2[nH]c(-c3ccc(CN4CCN(C)CC4)cc3)cc12. The van der Waals surface area contributed by atoms with Crippen LogP contribution in [0.15, 0.2) is 36.7 Å². The first-order valence-corrected chi connectivity index (χ1v) is 10.2. The van der Waals surface area contributed by atoms with Crippen LogP contribution < -0.4 is 4.90 Å². The van der Waals surface area contributed by atoms with Crippen molar-refractivity contribution in [2.75, 3.05) is 51.7 Å². The van der Waals surface area contributed by atoms with E-state index in [4.69, 9.17) is 0 Å². The van der Waals surface area contributed by atoms with Crippen molar-refractivity contribution in [1.82, 2.24) is 24.8 Å². The number of likely N-dealkylation sites (N-methyl/N-ethyl adjacent to an activating group) is 1. The fourth-order valence-corrected chi connectivity index (χ4v) is 3.88. The van der Waals surface area contributed by atoms with Crippen LogP contribution in [0.2, 0.25) is 0 Å². The Morgan fingerprint density at radius 2 is 1.82 bits per heavy atom. The van der Waals surface area contributed by atoms with Crippen molar-refractivity contribution < 1.29 is 0 Å². The minimum atomic E-state index is 0.893. The minimum absolute atomic E-state index is 0.893. The van der Waals surface area contributed by atoms with Crippen molar-refractivity contribution in [1.29, 1.82) is 0 Å². The van der Waals surface area contributed by atoms with Crippen molar-refractivity contribution in [3.8, 4) is 11.3 Å². The summed E-state index contributed by atoms with van der Waals surface area (Å²) in [7, 11) is 4.29. The number of hydrogen-bond donors (Lipinski definition) is 1. The normalized spacial score (nSPS) is 16.0. The van der Waals surface area contributed by atoms with Crippen molar-refractivity contribution in [3.05, 3.63) is 42.2 Å². The Kier molecular flexibility index (Phi) is 5.59. The molecule has 1 aromatic carbocycles. The standard InChI is InChI=1S/C22H30N6/c1-4-9-27(3)22-19-14-20(25-21(19)23-16-24-22)18-7-5-17(6-8-18)15-28-12-10-26(2)11-13-28/h5-8,14,16H,4,9-13,15H2,1-3H3,(H,23,24,25). The number of fused-ring (bicyclic) bond motifs is 1. The number of nitrogens with zero attached hydrogens (tertiary/aromatic N) is 5. The molecule has 28 heavy (non-hydrogen) atoms. The zero-order valence-corrected chi connectivity index (χ0v) is 17.1. The fourth-order valence-electron chi connectivity index (χ4n) is 3.88. The molecule has 0 amide bonds. The Hall–Kier alpha value is -2.44. The summed E-state index contributed by atoms with van der Waals surface area (Å²) in [5.41, 5.74) is 4.54. The summed E-state index contributed by atoms with van der Waals surface area (Å²) in [6.07, 6.45) is 2.73. The van der Waals surface area contributed by atoms with Gasteiger partial charge in [-0.05, 0) is 30.7 Å². The highest BCUT2D eigenvalue weighted by molar-refractivity contribution is 5.91. The predicted molar refractivity (Wildman–Crippen MR) is 116 cm³/mol. The highest BCUT2D eigenvalue weighted by Gasteiger charge is 2.15. The Balaban J connectivity index is 1.52. The predicted octanol–water partition coefficient (Wildman–Crippen LogP) is 3.22. The third-order valence-electron chi connectivity index (χ3n) is 5.59. The summed E-state index contributed by atoms with van der Waals surface area (Å²) in [6.45, 7) is 8.79. The molecule has 0 aliphatic carbocycles. The molecule has 4 rings (SSSR count). The summed E-state index contributed by atoms with van der Waals surface area (Å²) < 4.78 is 0. The molecule has 1 aliphatic heterocycles. The van der Waals surface area contributed by atoms with Crippen LogP contribution in [0.25, 0.3) is 22.3 Å². The molecule has 6 heteroatoms. The van der Waals surface area contributed by atoms with Crippen LogP contribution in [0.4, 0.5) is 5.82 Å². The summed E-state index contributed by atoms with van der Waals surface area (Å²) >= 11 is 0. The van der Waals surface area contributed by atoms with E-state index in [2.05, 4.69) is 81.0 Å². The molecule has 6 nitrogen and oxygen atoms in total. The summed E-state index contributed by atoms with van der Waals surface area (Å²) in [5, 5.41) is 1.08. The third kappa shape index (κ3) is 4.03. The Labute approximate surface area is 167 Å². The van der Waals surface area contributed by atoms with Gasteiger partial charge in [0.25, 0.3) is 0 Å². The van der Waals surface area contributed by atoms with Crippen LogP contribution in [0, 0.1) is 0 Å². The van der Waals surface area contributed by atoms with Crippen molar-refractivity contribution in [2.45, 2.75) is 19.9 Å². The highest BCUT2D eigenvalue weighted by Crippen LogP contribution is 2.28. The van der Waals surface area contributed by atoms with E-state index in [0.717, 1.165) is 68.2 Å². The number of anilines is 1. The lowest BCUT2D eigenvalue weighted by Crippen LogP contribution is -2.43. The van der Waals surface area contributed by atoms with Crippen molar-refractivity contribution >= 4 is 16.9 Å². The number of aromatic nitrogens is 3. The molecule has 2 aromatic heterocycles.